The molecule has 2 rings (SSSR count). The molecule has 0 spiro atoms. The first-order chi connectivity index (χ1) is 9.88. The maximum absolute atomic E-state index is 13.2. The molecule has 0 aliphatic rings. The first-order valence-corrected chi connectivity index (χ1v) is 7.44. The van der Waals surface area contributed by atoms with Crippen molar-refractivity contribution >= 4 is 0 Å². The van der Waals surface area contributed by atoms with Crippen molar-refractivity contribution < 1.29 is 4.39 Å². The molecule has 21 heavy (non-hydrogen) atoms. The quantitative estimate of drug-likeness (QED) is 0.839. The Morgan fingerprint density at radius 2 is 1.38 bits per heavy atom. The van der Waals surface area contributed by atoms with E-state index in [0.717, 1.165) is 5.56 Å². The standard InChI is InChI=1S/C19H24FN/c1-14(19(2,3)4)21-18(15-8-6-5-7-9-15)16-10-12-17(20)13-11-16/h5-14,18,21H,1-4H3. The minimum Gasteiger partial charge on any atom is -0.303 e. The second-order valence-electron chi connectivity index (χ2n) is 6.65. The van der Waals surface area contributed by atoms with Gasteiger partial charge < -0.3 is 5.32 Å². The predicted octanol–water partition coefficient (Wildman–Crippen LogP) is 4.94. The third-order valence-electron chi connectivity index (χ3n) is 4.05. The molecule has 2 aromatic carbocycles. The highest BCUT2D eigenvalue weighted by molar-refractivity contribution is 5.32. The molecule has 112 valence electrons. The van der Waals surface area contributed by atoms with Crippen molar-refractivity contribution in [3.8, 4) is 0 Å². The van der Waals surface area contributed by atoms with Crippen molar-refractivity contribution in [3.63, 3.8) is 0 Å². The van der Waals surface area contributed by atoms with Gasteiger partial charge in [0.05, 0.1) is 6.04 Å². The molecule has 0 fully saturated rings. The molecule has 0 aliphatic carbocycles. The molecule has 0 aromatic heterocycles. The van der Waals surface area contributed by atoms with Gasteiger partial charge in [-0.3, -0.25) is 0 Å². The fraction of sp³-hybridized carbons (Fsp3) is 0.368. The zero-order valence-corrected chi connectivity index (χ0v) is 13.2. The SMILES string of the molecule is CC(NC(c1ccccc1)c1ccc(F)cc1)C(C)(C)C. The van der Waals surface area contributed by atoms with Gasteiger partial charge in [-0.25, -0.2) is 4.39 Å². The van der Waals surface area contributed by atoms with Gasteiger partial charge in [-0.15, -0.1) is 0 Å². The van der Waals surface area contributed by atoms with Gasteiger partial charge >= 0.3 is 0 Å². The van der Waals surface area contributed by atoms with E-state index in [9.17, 15) is 4.39 Å². The van der Waals surface area contributed by atoms with Crippen LogP contribution in [-0.4, -0.2) is 6.04 Å². The molecular weight excluding hydrogens is 261 g/mol. The van der Waals surface area contributed by atoms with Crippen LogP contribution in [0, 0.1) is 11.2 Å². The molecule has 2 aromatic rings. The monoisotopic (exact) mass is 285 g/mol. The van der Waals surface area contributed by atoms with Crippen LogP contribution in [0.25, 0.3) is 0 Å². The number of benzene rings is 2. The highest BCUT2D eigenvalue weighted by Crippen LogP contribution is 2.27. The average Bonchev–Trinajstić information content (AvgIpc) is 2.45. The maximum atomic E-state index is 13.2. The molecule has 0 saturated heterocycles. The van der Waals surface area contributed by atoms with Crippen molar-refractivity contribution in [2.45, 2.75) is 39.8 Å². The molecule has 1 nitrogen and oxygen atoms in total. The molecule has 2 atom stereocenters. The number of hydrogen-bond donors (Lipinski definition) is 1. The first kappa shape index (κ1) is 15.7. The Morgan fingerprint density at radius 1 is 0.857 bits per heavy atom. The van der Waals surface area contributed by atoms with Crippen LogP contribution in [0.4, 0.5) is 4.39 Å². The Balaban J connectivity index is 2.33. The van der Waals surface area contributed by atoms with E-state index in [-0.39, 0.29) is 17.3 Å². The van der Waals surface area contributed by atoms with E-state index in [1.54, 1.807) is 0 Å². The van der Waals surface area contributed by atoms with Gasteiger partial charge in [-0.2, -0.15) is 0 Å². The molecule has 2 heteroatoms. The summed E-state index contributed by atoms with van der Waals surface area (Å²) in [6.07, 6.45) is 0. The van der Waals surface area contributed by atoms with Crippen LogP contribution in [0.15, 0.2) is 54.6 Å². The Labute approximate surface area is 127 Å². The lowest BCUT2D eigenvalue weighted by atomic mass is 9.86. The Morgan fingerprint density at radius 3 is 1.90 bits per heavy atom. The Kier molecular flexibility index (Phi) is 4.79. The minimum atomic E-state index is -0.200. The summed E-state index contributed by atoms with van der Waals surface area (Å²) in [5.74, 6) is -0.200. The van der Waals surface area contributed by atoms with E-state index < -0.39 is 0 Å². The summed E-state index contributed by atoms with van der Waals surface area (Å²) in [4.78, 5) is 0. The topological polar surface area (TPSA) is 12.0 Å². The van der Waals surface area contributed by atoms with Crippen LogP contribution < -0.4 is 5.32 Å². The summed E-state index contributed by atoms with van der Waals surface area (Å²) in [6, 6.07) is 17.5. The Hall–Kier alpha value is -1.67. The van der Waals surface area contributed by atoms with Crippen molar-refractivity contribution in [2.24, 2.45) is 5.41 Å². The van der Waals surface area contributed by atoms with Crippen molar-refractivity contribution in [3.05, 3.63) is 71.5 Å². The van der Waals surface area contributed by atoms with Gasteiger partial charge in [0.15, 0.2) is 0 Å². The summed E-state index contributed by atoms with van der Waals surface area (Å²) in [7, 11) is 0. The minimum absolute atomic E-state index is 0.0704. The highest BCUT2D eigenvalue weighted by Gasteiger charge is 2.24. The molecular formula is C19H24FN. The molecule has 2 unspecified atom stereocenters. The maximum Gasteiger partial charge on any atom is 0.123 e. The zero-order valence-electron chi connectivity index (χ0n) is 13.2. The van der Waals surface area contributed by atoms with Crippen LogP contribution >= 0.6 is 0 Å². The molecule has 0 amide bonds. The lowest BCUT2D eigenvalue weighted by molar-refractivity contribution is 0.273. The normalized spacial score (nSPS) is 14.7. The lowest BCUT2D eigenvalue weighted by Gasteiger charge is -2.33. The second kappa shape index (κ2) is 6.40. The van der Waals surface area contributed by atoms with E-state index in [1.807, 2.05) is 30.3 Å². The third kappa shape index (κ3) is 4.15. The number of halogens is 1. The molecule has 0 bridgehead atoms. The van der Waals surface area contributed by atoms with E-state index in [0.29, 0.717) is 6.04 Å². The van der Waals surface area contributed by atoms with Crippen LogP contribution in [0.3, 0.4) is 0 Å². The Bertz CT molecular complexity index is 554. The fourth-order valence-corrected chi connectivity index (χ4v) is 2.19. The fourth-order valence-electron chi connectivity index (χ4n) is 2.19. The van der Waals surface area contributed by atoms with E-state index >= 15 is 0 Å². The van der Waals surface area contributed by atoms with E-state index in [2.05, 4.69) is 45.1 Å². The van der Waals surface area contributed by atoms with E-state index in [4.69, 9.17) is 0 Å². The number of hydrogen-bond acceptors (Lipinski definition) is 1. The predicted molar refractivity (Wildman–Crippen MR) is 86.7 cm³/mol. The molecule has 0 radical (unpaired) electrons. The third-order valence-corrected chi connectivity index (χ3v) is 4.05. The summed E-state index contributed by atoms with van der Waals surface area (Å²) >= 11 is 0. The molecule has 0 saturated carbocycles. The molecule has 0 aliphatic heterocycles. The summed E-state index contributed by atoms with van der Waals surface area (Å²) in [5, 5.41) is 3.69. The van der Waals surface area contributed by atoms with Gasteiger partial charge in [0.2, 0.25) is 0 Å². The zero-order chi connectivity index (χ0) is 15.5. The summed E-state index contributed by atoms with van der Waals surface area (Å²) in [6.45, 7) is 8.85. The van der Waals surface area contributed by atoms with Crippen LogP contribution in [0.1, 0.15) is 44.9 Å². The molecule has 1 N–H and O–H groups in total. The van der Waals surface area contributed by atoms with Gasteiger partial charge in [0.1, 0.15) is 5.82 Å². The number of rotatable bonds is 4. The summed E-state index contributed by atoms with van der Waals surface area (Å²) < 4.78 is 13.2. The van der Waals surface area contributed by atoms with Gasteiger partial charge in [0.25, 0.3) is 0 Å². The second-order valence-corrected chi connectivity index (χ2v) is 6.65. The van der Waals surface area contributed by atoms with Crippen LogP contribution in [-0.2, 0) is 0 Å². The van der Waals surface area contributed by atoms with Gasteiger partial charge in [-0.05, 0) is 35.6 Å². The summed E-state index contributed by atoms with van der Waals surface area (Å²) in [5.41, 5.74) is 2.44. The molecule has 0 heterocycles. The van der Waals surface area contributed by atoms with Crippen molar-refractivity contribution in [1.82, 2.24) is 5.32 Å². The van der Waals surface area contributed by atoms with Crippen molar-refractivity contribution in [2.75, 3.05) is 0 Å². The lowest BCUT2D eigenvalue weighted by Crippen LogP contribution is -2.40. The van der Waals surface area contributed by atoms with Crippen LogP contribution in [0.2, 0.25) is 0 Å². The van der Waals surface area contributed by atoms with Crippen LogP contribution in [0.5, 0.6) is 0 Å². The van der Waals surface area contributed by atoms with Gasteiger partial charge in [0, 0.05) is 6.04 Å². The largest absolute Gasteiger partial charge is 0.303 e. The average molecular weight is 285 g/mol. The smallest absolute Gasteiger partial charge is 0.123 e. The van der Waals surface area contributed by atoms with Crippen molar-refractivity contribution in [1.29, 1.82) is 0 Å². The van der Waals surface area contributed by atoms with Gasteiger partial charge in [-0.1, -0.05) is 63.2 Å². The number of nitrogens with one attached hydrogen (secondary N) is 1. The first-order valence-electron chi connectivity index (χ1n) is 7.44. The highest BCUT2D eigenvalue weighted by atomic mass is 19.1. The van der Waals surface area contributed by atoms with E-state index in [1.165, 1.54) is 17.7 Å².